The number of fused-ring (bicyclic) bond motifs is 1. The Morgan fingerprint density at radius 3 is 3.08 bits per heavy atom. The quantitative estimate of drug-likeness (QED) is 0.751. The van der Waals surface area contributed by atoms with Gasteiger partial charge in [0.1, 0.15) is 0 Å². The number of piperidine rings is 1. The van der Waals surface area contributed by atoms with Crippen LogP contribution in [0.1, 0.15) is 51.7 Å². The standard InChI is InChI=1S/C18H25N5O2S/c1-11-19-12(10-26-11)8-23-7-6-15(16(24)9-23)20-18(25)17-13-4-2-3-5-14(13)21-22-17/h10,15-16,24H,2-9H2,1H3,(H,20,25)(H,21,22)/t15-,16-/m0/s1. The third-order valence-corrected chi connectivity index (χ3v) is 6.13. The minimum Gasteiger partial charge on any atom is -0.390 e. The fraction of sp³-hybridized carbons (Fsp3) is 0.611. The second-order valence-electron chi connectivity index (χ2n) is 7.27. The zero-order valence-corrected chi connectivity index (χ0v) is 15.8. The maximum absolute atomic E-state index is 12.6. The van der Waals surface area contributed by atoms with Crippen molar-refractivity contribution in [3.8, 4) is 0 Å². The fourth-order valence-corrected chi connectivity index (χ4v) is 4.53. The number of aromatic nitrogens is 3. The highest BCUT2D eigenvalue weighted by Gasteiger charge is 2.31. The number of aromatic amines is 1. The van der Waals surface area contributed by atoms with Crippen molar-refractivity contribution < 1.29 is 9.90 Å². The first kappa shape index (κ1) is 17.6. The second kappa shape index (κ2) is 7.46. The number of carbonyl (C=O) groups is 1. The summed E-state index contributed by atoms with van der Waals surface area (Å²) in [4.78, 5) is 19.3. The lowest BCUT2D eigenvalue weighted by molar-refractivity contribution is 0.0344. The molecule has 26 heavy (non-hydrogen) atoms. The Morgan fingerprint density at radius 2 is 2.31 bits per heavy atom. The largest absolute Gasteiger partial charge is 0.390 e. The lowest BCUT2D eigenvalue weighted by atomic mass is 9.95. The first-order valence-electron chi connectivity index (χ1n) is 9.28. The number of rotatable bonds is 4. The summed E-state index contributed by atoms with van der Waals surface area (Å²) in [6.45, 7) is 4.12. The van der Waals surface area contributed by atoms with Gasteiger partial charge in [0.2, 0.25) is 0 Å². The van der Waals surface area contributed by atoms with Crippen molar-refractivity contribution in [1.82, 2.24) is 25.4 Å². The molecule has 0 bridgehead atoms. The summed E-state index contributed by atoms with van der Waals surface area (Å²) in [5.41, 5.74) is 3.70. The Bertz CT molecular complexity index is 786. The maximum Gasteiger partial charge on any atom is 0.272 e. The normalized spacial score (nSPS) is 23.6. The van der Waals surface area contributed by atoms with E-state index in [1.54, 1.807) is 11.3 Å². The predicted molar refractivity (Wildman–Crippen MR) is 99.2 cm³/mol. The molecular weight excluding hydrogens is 350 g/mol. The van der Waals surface area contributed by atoms with Gasteiger partial charge in [0.15, 0.2) is 5.69 Å². The van der Waals surface area contributed by atoms with E-state index in [-0.39, 0.29) is 11.9 Å². The summed E-state index contributed by atoms with van der Waals surface area (Å²) in [5.74, 6) is -0.169. The number of likely N-dealkylation sites (tertiary alicyclic amines) is 1. The molecule has 8 heteroatoms. The van der Waals surface area contributed by atoms with Gasteiger partial charge < -0.3 is 10.4 Å². The molecule has 1 fully saturated rings. The fourth-order valence-electron chi connectivity index (χ4n) is 3.92. The number of thiazole rings is 1. The topological polar surface area (TPSA) is 94.1 Å². The van der Waals surface area contributed by atoms with Gasteiger partial charge in [-0.3, -0.25) is 14.8 Å². The number of aliphatic hydroxyl groups excluding tert-OH is 1. The first-order chi connectivity index (χ1) is 12.6. The van der Waals surface area contributed by atoms with Crippen molar-refractivity contribution in [3.63, 3.8) is 0 Å². The summed E-state index contributed by atoms with van der Waals surface area (Å²) < 4.78 is 0. The minimum atomic E-state index is -0.581. The van der Waals surface area contributed by atoms with Gasteiger partial charge in [0.25, 0.3) is 5.91 Å². The van der Waals surface area contributed by atoms with E-state index >= 15 is 0 Å². The van der Waals surface area contributed by atoms with Crippen LogP contribution in [-0.2, 0) is 19.4 Å². The highest BCUT2D eigenvalue weighted by molar-refractivity contribution is 7.09. The molecule has 4 rings (SSSR count). The van der Waals surface area contributed by atoms with Crippen molar-refractivity contribution in [3.05, 3.63) is 33.0 Å². The number of nitrogens with one attached hydrogen (secondary N) is 2. The van der Waals surface area contributed by atoms with Crippen molar-refractivity contribution in [2.24, 2.45) is 0 Å². The molecule has 140 valence electrons. The Hall–Kier alpha value is -1.77. The third kappa shape index (κ3) is 3.67. The Balaban J connectivity index is 1.34. The Kier molecular flexibility index (Phi) is 5.06. The molecule has 1 saturated heterocycles. The summed E-state index contributed by atoms with van der Waals surface area (Å²) in [5, 5.41) is 23.9. The molecule has 2 atom stereocenters. The number of hydrogen-bond donors (Lipinski definition) is 3. The molecule has 3 N–H and O–H groups in total. The first-order valence-corrected chi connectivity index (χ1v) is 10.2. The van der Waals surface area contributed by atoms with E-state index < -0.39 is 6.10 Å². The van der Waals surface area contributed by atoms with Crippen molar-refractivity contribution in [1.29, 1.82) is 0 Å². The van der Waals surface area contributed by atoms with E-state index in [0.717, 1.165) is 67.2 Å². The minimum absolute atomic E-state index is 0.169. The highest BCUT2D eigenvalue weighted by Crippen LogP contribution is 2.23. The molecule has 7 nitrogen and oxygen atoms in total. The molecule has 0 spiro atoms. The third-order valence-electron chi connectivity index (χ3n) is 5.31. The van der Waals surface area contributed by atoms with Crippen LogP contribution in [0.3, 0.4) is 0 Å². The van der Waals surface area contributed by atoms with E-state index in [4.69, 9.17) is 0 Å². The van der Waals surface area contributed by atoms with Crippen LogP contribution in [0.4, 0.5) is 0 Å². The molecule has 2 aromatic rings. The molecule has 0 saturated carbocycles. The molecule has 1 amide bonds. The molecule has 0 unspecified atom stereocenters. The number of hydrogen-bond acceptors (Lipinski definition) is 6. The van der Waals surface area contributed by atoms with Crippen LogP contribution in [0.2, 0.25) is 0 Å². The zero-order valence-electron chi connectivity index (χ0n) is 15.0. The molecular formula is C18H25N5O2S. The average Bonchev–Trinajstić information content (AvgIpc) is 3.23. The molecule has 2 aliphatic rings. The molecule has 0 radical (unpaired) electrons. The van der Waals surface area contributed by atoms with E-state index in [0.29, 0.717) is 12.2 Å². The van der Waals surface area contributed by atoms with Gasteiger partial charge in [-0.1, -0.05) is 0 Å². The smallest absolute Gasteiger partial charge is 0.272 e. The Morgan fingerprint density at radius 1 is 1.46 bits per heavy atom. The van der Waals surface area contributed by atoms with Crippen molar-refractivity contribution in [2.75, 3.05) is 13.1 Å². The van der Waals surface area contributed by atoms with E-state index in [2.05, 4.69) is 30.8 Å². The summed E-state index contributed by atoms with van der Waals surface area (Å²) >= 11 is 1.65. The van der Waals surface area contributed by atoms with Crippen LogP contribution >= 0.6 is 11.3 Å². The molecule has 3 heterocycles. The van der Waals surface area contributed by atoms with Crippen LogP contribution in [-0.4, -0.2) is 56.3 Å². The molecule has 2 aromatic heterocycles. The molecule has 1 aliphatic carbocycles. The van der Waals surface area contributed by atoms with E-state index in [1.807, 2.05) is 6.92 Å². The van der Waals surface area contributed by atoms with E-state index in [9.17, 15) is 9.90 Å². The number of amides is 1. The second-order valence-corrected chi connectivity index (χ2v) is 8.33. The highest BCUT2D eigenvalue weighted by atomic mass is 32.1. The lowest BCUT2D eigenvalue weighted by Gasteiger charge is -2.35. The van der Waals surface area contributed by atoms with Gasteiger partial charge in [0, 0.05) is 36.3 Å². The zero-order chi connectivity index (χ0) is 18.1. The maximum atomic E-state index is 12.6. The van der Waals surface area contributed by atoms with Gasteiger partial charge >= 0.3 is 0 Å². The number of carbonyl (C=O) groups excluding carboxylic acids is 1. The van der Waals surface area contributed by atoms with Gasteiger partial charge in [0.05, 0.1) is 22.8 Å². The summed E-state index contributed by atoms with van der Waals surface area (Å²) in [6.07, 6.45) is 4.26. The van der Waals surface area contributed by atoms with Crippen LogP contribution in [0.5, 0.6) is 0 Å². The number of nitrogens with zero attached hydrogens (tertiary/aromatic N) is 3. The lowest BCUT2D eigenvalue weighted by Crippen LogP contribution is -2.53. The van der Waals surface area contributed by atoms with Crippen LogP contribution < -0.4 is 5.32 Å². The van der Waals surface area contributed by atoms with Gasteiger partial charge in [-0.15, -0.1) is 11.3 Å². The predicted octanol–water partition coefficient (Wildman–Crippen LogP) is 1.42. The van der Waals surface area contributed by atoms with Gasteiger partial charge in [-0.05, 0) is 39.0 Å². The van der Waals surface area contributed by atoms with E-state index in [1.165, 1.54) is 0 Å². The summed E-state index contributed by atoms with van der Waals surface area (Å²) in [7, 11) is 0. The van der Waals surface area contributed by atoms with Crippen molar-refractivity contribution >= 4 is 17.2 Å². The monoisotopic (exact) mass is 375 g/mol. The number of H-pyrrole nitrogens is 1. The Labute approximate surface area is 156 Å². The molecule has 1 aliphatic heterocycles. The van der Waals surface area contributed by atoms with Crippen LogP contribution in [0, 0.1) is 6.92 Å². The van der Waals surface area contributed by atoms with Gasteiger partial charge in [-0.25, -0.2) is 4.98 Å². The SMILES string of the molecule is Cc1nc(CN2CC[C@H](NC(=O)c3n[nH]c4c3CCCC4)[C@@H](O)C2)cs1. The average molecular weight is 375 g/mol. The number of aryl methyl sites for hydroxylation is 2. The van der Waals surface area contributed by atoms with Crippen LogP contribution in [0.25, 0.3) is 0 Å². The molecule has 0 aromatic carbocycles. The van der Waals surface area contributed by atoms with Crippen LogP contribution in [0.15, 0.2) is 5.38 Å². The number of aliphatic hydroxyl groups is 1. The number of β-amino-alcohol motifs (C(OH)–C–C–N with tert-alkyl or cyclic N) is 1. The van der Waals surface area contributed by atoms with Gasteiger partial charge in [-0.2, -0.15) is 5.10 Å². The summed E-state index contributed by atoms with van der Waals surface area (Å²) in [6, 6.07) is -0.230. The van der Waals surface area contributed by atoms with Crippen molar-refractivity contribution in [2.45, 2.75) is 57.7 Å².